The van der Waals surface area contributed by atoms with Gasteiger partial charge in [0.2, 0.25) is 5.91 Å². The first kappa shape index (κ1) is 22.6. The number of benzene rings is 2. The molecule has 3 N–H and O–H groups in total. The van der Waals surface area contributed by atoms with Crippen molar-refractivity contribution in [1.29, 1.82) is 0 Å². The first-order valence-electron chi connectivity index (χ1n) is 11.2. The van der Waals surface area contributed by atoms with Crippen LogP contribution in [0.15, 0.2) is 61.2 Å². The molecule has 0 saturated heterocycles. The summed E-state index contributed by atoms with van der Waals surface area (Å²) in [6.45, 7) is 3.80. The number of rotatable bonds is 10. The summed E-state index contributed by atoms with van der Waals surface area (Å²) < 4.78 is 5.54. The molecule has 2 amide bonds. The molecule has 172 valence electrons. The summed E-state index contributed by atoms with van der Waals surface area (Å²) in [6, 6.07) is 14.8. The molecule has 2 unspecified atom stereocenters. The number of ether oxygens (including phenoxy) is 1. The maximum Gasteiger partial charge on any atom is 0.407 e. The molecule has 7 nitrogen and oxygen atoms in total. The molecule has 0 heterocycles. The van der Waals surface area contributed by atoms with Crippen molar-refractivity contribution in [3.63, 3.8) is 0 Å². The Morgan fingerprint density at radius 1 is 1.03 bits per heavy atom. The molecule has 4 rings (SSSR count). The van der Waals surface area contributed by atoms with Gasteiger partial charge in [-0.05, 0) is 47.4 Å². The molecule has 0 spiro atoms. The summed E-state index contributed by atoms with van der Waals surface area (Å²) in [5.41, 5.74) is 4.48. The molecular weight excluding hydrogens is 420 g/mol. The minimum atomic E-state index is -0.961. The highest BCUT2D eigenvalue weighted by atomic mass is 16.5. The lowest BCUT2D eigenvalue weighted by molar-refractivity contribution is -0.138. The summed E-state index contributed by atoms with van der Waals surface area (Å²) in [5.74, 6) is -1.30. The van der Waals surface area contributed by atoms with Gasteiger partial charge >= 0.3 is 12.1 Å². The lowest BCUT2D eigenvalue weighted by atomic mass is 9.98. The number of carbonyl (C=O) groups is 3. The number of amides is 2. The molecule has 0 aliphatic heterocycles. The average Bonchev–Trinajstić information content (AvgIpc) is 3.60. The summed E-state index contributed by atoms with van der Waals surface area (Å²) in [6.07, 6.45) is 2.70. The zero-order valence-corrected chi connectivity index (χ0v) is 18.3. The monoisotopic (exact) mass is 448 g/mol. The summed E-state index contributed by atoms with van der Waals surface area (Å²) in [4.78, 5) is 36.5. The molecule has 0 bridgehead atoms. The van der Waals surface area contributed by atoms with Crippen molar-refractivity contribution in [3.05, 3.63) is 72.3 Å². The molecule has 2 aliphatic rings. The van der Waals surface area contributed by atoms with E-state index in [0.29, 0.717) is 0 Å². The molecule has 1 fully saturated rings. The number of nitrogens with one attached hydrogen (secondary N) is 2. The van der Waals surface area contributed by atoms with Gasteiger partial charge in [0.1, 0.15) is 12.6 Å². The molecule has 1 saturated carbocycles. The quantitative estimate of drug-likeness (QED) is 0.479. The van der Waals surface area contributed by atoms with Gasteiger partial charge in [-0.3, -0.25) is 9.59 Å². The molecule has 33 heavy (non-hydrogen) atoms. The number of carboxylic acid groups (broad SMARTS) is 1. The molecule has 2 aromatic carbocycles. The van der Waals surface area contributed by atoms with Crippen LogP contribution in [-0.4, -0.2) is 41.8 Å². The minimum Gasteiger partial charge on any atom is -0.481 e. The predicted molar refractivity (Wildman–Crippen MR) is 124 cm³/mol. The molecule has 0 aromatic heterocycles. The van der Waals surface area contributed by atoms with Crippen LogP contribution in [0.5, 0.6) is 0 Å². The van der Waals surface area contributed by atoms with Crippen LogP contribution in [0.3, 0.4) is 0 Å². The Hall–Kier alpha value is -3.61. The number of carboxylic acids is 1. The predicted octanol–water partition coefficient (Wildman–Crippen LogP) is 3.84. The van der Waals surface area contributed by atoms with Gasteiger partial charge in [-0.2, -0.15) is 0 Å². The number of hydrogen-bond donors (Lipinski definition) is 3. The van der Waals surface area contributed by atoms with Gasteiger partial charge in [0.25, 0.3) is 0 Å². The Labute approximate surface area is 192 Å². The number of carbonyl (C=O) groups excluding carboxylic acids is 2. The lowest BCUT2D eigenvalue weighted by Crippen LogP contribution is -2.50. The van der Waals surface area contributed by atoms with E-state index in [1.807, 2.05) is 36.4 Å². The Bertz CT molecular complexity index is 1020. The lowest BCUT2D eigenvalue weighted by Gasteiger charge is -2.22. The van der Waals surface area contributed by atoms with Gasteiger partial charge in [-0.25, -0.2) is 4.79 Å². The zero-order valence-electron chi connectivity index (χ0n) is 18.3. The van der Waals surface area contributed by atoms with Crippen LogP contribution in [0.2, 0.25) is 0 Å². The highest BCUT2D eigenvalue weighted by Crippen LogP contribution is 2.44. The highest BCUT2D eigenvalue weighted by molar-refractivity contribution is 5.86. The first-order chi connectivity index (χ1) is 16.0. The van der Waals surface area contributed by atoms with Crippen LogP contribution in [0, 0.1) is 5.92 Å². The van der Waals surface area contributed by atoms with Crippen LogP contribution in [-0.2, 0) is 14.3 Å². The van der Waals surface area contributed by atoms with E-state index < -0.39 is 30.1 Å². The fourth-order valence-corrected chi connectivity index (χ4v) is 4.49. The van der Waals surface area contributed by atoms with E-state index in [4.69, 9.17) is 9.84 Å². The summed E-state index contributed by atoms with van der Waals surface area (Å²) in [5, 5.41) is 14.5. The normalized spacial score (nSPS) is 16.1. The van der Waals surface area contributed by atoms with Crippen molar-refractivity contribution in [2.45, 2.75) is 43.7 Å². The first-order valence-corrected chi connectivity index (χ1v) is 11.2. The van der Waals surface area contributed by atoms with E-state index in [1.165, 1.54) is 6.08 Å². The maximum absolute atomic E-state index is 12.8. The van der Waals surface area contributed by atoms with Crippen molar-refractivity contribution < 1.29 is 24.2 Å². The maximum atomic E-state index is 12.8. The summed E-state index contributed by atoms with van der Waals surface area (Å²) in [7, 11) is 0. The average molecular weight is 449 g/mol. The van der Waals surface area contributed by atoms with Crippen LogP contribution >= 0.6 is 0 Å². The molecule has 2 aromatic rings. The van der Waals surface area contributed by atoms with Crippen molar-refractivity contribution in [1.82, 2.24) is 10.6 Å². The van der Waals surface area contributed by atoms with Crippen LogP contribution in [0.25, 0.3) is 11.1 Å². The van der Waals surface area contributed by atoms with Crippen LogP contribution in [0.1, 0.15) is 42.7 Å². The Kier molecular flexibility index (Phi) is 6.77. The Balaban J connectivity index is 1.38. The SMILES string of the molecule is C=CCC(NC(=O)OCC1c2ccccc2-c2ccccc21)C(=O)NC(CC(=O)O)C1CC1. The van der Waals surface area contributed by atoms with Crippen LogP contribution < -0.4 is 10.6 Å². The van der Waals surface area contributed by atoms with E-state index in [0.717, 1.165) is 35.1 Å². The second-order valence-corrected chi connectivity index (χ2v) is 8.60. The standard InChI is InChI=1S/C26H28N2O5/c1-2-7-22(25(31)27-23(14-24(29)30)16-12-13-16)28-26(32)33-15-21-19-10-5-3-8-17(19)18-9-4-6-11-20(18)21/h2-6,8-11,16,21-23H,1,7,12-15H2,(H,27,31)(H,28,32)(H,29,30). The van der Waals surface area contributed by atoms with Crippen molar-refractivity contribution >= 4 is 18.0 Å². The van der Waals surface area contributed by atoms with E-state index in [-0.39, 0.29) is 31.3 Å². The highest BCUT2D eigenvalue weighted by Gasteiger charge is 2.35. The second-order valence-electron chi connectivity index (χ2n) is 8.60. The third-order valence-corrected chi connectivity index (χ3v) is 6.27. The van der Waals surface area contributed by atoms with E-state index in [2.05, 4.69) is 29.3 Å². The minimum absolute atomic E-state index is 0.0790. The Morgan fingerprint density at radius 3 is 2.18 bits per heavy atom. The fraction of sp³-hybridized carbons (Fsp3) is 0.346. The van der Waals surface area contributed by atoms with Gasteiger partial charge in [0.15, 0.2) is 0 Å². The molecule has 0 radical (unpaired) electrons. The summed E-state index contributed by atoms with van der Waals surface area (Å²) >= 11 is 0. The third kappa shape index (κ3) is 5.25. The number of alkyl carbamates (subject to hydrolysis) is 1. The van der Waals surface area contributed by atoms with Crippen molar-refractivity contribution in [2.75, 3.05) is 6.61 Å². The Morgan fingerprint density at radius 2 is 1.64 bits per heavy atom. The van der Waals surface area contributed by atoms with Gasteiger partial charge in [0.05, 0.1) is 6.42 Å². The number of aliphatic carboxylic acids is 1. The van der Waals surface area contributed by atoms with E-state index in [9.17, 15) is 14.4 Å². The second kappa shape index (κ2) is 9.90. The fourth-order valence-electron chi connectivity index (χ4n) is 4.49. The van der Waals surface area contributed by atoms with Gasteiger partial charge < -0.3 is 20.5 Å². The molecule has 2 atom stereocenters. The zero-order chi connectivity index (χ0) is 23.4. The third-order valence-electron chi connectivity index (χ3n) is 6.27. The van der Waals surface area contributed by atoms with E-state index in [1.54, 1.807) is 0 Å². The van der Waals surface area contributed by atoms with Gasteiger partial charge in [-0.1, -0.05) is 54.6 Å². The molecular formula is C26H28N2O5. The van der Waals surface area contributed by atoms with Gasteiger partial charge in [0, 0.05) is 12.0 Å². The topological polar surface area (TPSA) is 105 Å². The van der Waals surface area contributed by atoms with Crippen LogP contribution in [0.4, 0.5) is 4.79 Å². The molecule has 7 heteroatoms. The largest absolute Gasteiger partial charge is 0.481 e. The van der Waals surface area contributed by atoms with Crippen molar-refractivity contribution in [2.24, 2.45) is 5.92 Å². The number of fused-ring (bicyclic) bond motifs is 3. The smallest absolute Gasteiger partial charge is 0.407 e. The molecule has 2 aliphatic carbocycles. The van der Waals surface area contributed by atoms with Gasteiger partial charge in [-0.15, -0.1) is 6.58 Å². The van der Waals surface area contributed by atoms with Crippen molar-refractivity contribution in [3.8, 4) is 11.1 Å². The number of hydrogen-bond acceptors (Lipinski definition) is 4. The van der Waals surface area contributed by atoms with E-state index >= 15 is 0 Å².